The molecule has 0 saturated carbocycles. The van der Waals surface area contributed by atoms with Crippen LogP contribution in [0.15, 0.2) is 18.2 Å². The van der Waals surface area contributed by atoms with Crippen LogP contribution in [-0.2, 0) is 18.3 Å². The minimum absolute atomic E-state index is 0.0760. The van der Waals surface area contributed by atoms with E-state index in [0.717, 1.165) is 29.8 Å². The van der Waals surface area contributed by atoms with Gasteiger partial charge in [-0.2, -0.15) is 5.10 Å². The van der Waals surface area contributed by atoms with Gasteiger partial charge in [0.2, 0.25) is 5.91 Å². The number of rotatable bonds is 9. The Balaban J connectivity index is 2.11. The van der Waals surface area contributed by atoms with Crippen LogP contribution in [0.3, 0.4) is 0 Å². The van der Waals surface area contributed by atoms with Crippen molar-refractivity contribution < 1.29 is 14.3 Å². The molecule has 1 heterocycles. The van der Waals surface area contributed by atoms with Crippen LogP contribution in [0.5, 0.6) is 11.5 Å². The smallest absolute Gasteiger partial charge is 0.228 e. The van der Waals surface area contributed by atoms with E-state index in [1.165, 1.54) is 0 Å². The van der Waals surface area contributed by atoms with Gasteiger partial charge in [0.15, 0.2) is 11.5 Å². The molecule has 0 aliphatic heterocycles. The lowest BCUT2D eigenvalue weighted by Gasteiger charge is -2.14. The zero-order valence-electron chi connectivity index (χ0n) is 16.4. The van der Waals surface area contributed by atoms with Crippen molar-refractivity contribution in [2.75, 3.05) is 18.5 Å². The minimum Gasteiger partial charge on any atom is -0.490 e. The third-order valence-electron chi connectivity index (χ3n) is 4.15. The summed E-state index contributed by atoms with van der Waals surface area (Å²) in [5.74, 6) is 1.29. The summed E-state index contributed by atoms with van der Waals surface area (Å²) < 4.78 is 13.3. The van der Waals surface area contributed by atoms with Crippen LogP contribution in [0.1, 0.15) is 43.6 Å². The maximum Gasteiger partial charge on any atom is 0.228 e. The first-order chi connectivity index (χ1) is 12.5. The lowest BCUT2D eigenvalue weighted by atomic mass is 10.1. The molecule has 6 nitrogen and oxygen atoms in total. The van der Waals surface area contributed by atoms with Crippen molar-refractivity contribution in [3.05, 3.63) is 35.2 Å². The predicted molar refractivity (Wildman–Crippen MR) is 103 cm³/mol. The summed E-state index contributed by atoms with van der Waals surface area (Å²) in [6.45, 7) is 9.24. The van der Waals surface area contributed by atoms with Crippen LogP contribution in [-0.4, -0.2) is 28.9 Å². The molecule has 1 N–H and O–H groups in total. The fourth-order valence-electron chi connectivity index (χ4n) is 2.68. The van der Waals surface area contributed by atoms with Gasteiger partial charge in [-0.25, -0.2) is 0 Å². The molecule has 0 radical (unpaired) electrons. The number of amides is 1. The summed E-state index contributed by atoms with van der Waals surface area (Å²) >= 11 is 0. The molecule has 0 unspecified atom stereocenters. The van der Waals surface area contributed by atoms with Crippen LogP contribution in [0.25, 0.3) is 0 Å². The Labute approximate surface area is 155 Å². The van der Waals surface area contributed by atoms with E-state index < -0.39 is 0 Å². The standard InChI is InChI=1S/C20H29N3O3/c1-6-10-25-18-9-8-16(12-19(18)26-11-7-2)21-20(24)13-17-14(3)22-23(5)15(17)4/h8-9,12H,6-7,10-11,13H2,1-5H3,(H,21,24). The second-order valence-corrected chi connectivity index (χ2v) is 6.36. The van der Waals surface area contributed by atoms with Crippen LogP contribution >= 0.6 is 0 Å². The second-order valence-electron chi connectivity index (χ2n) is 6.36. The van der Waals surface area contributed by atoms with Gasteiger partial charge < -0.3 is 14.8 Å². The molecule has 26 heavy (non-hydrogen) atoms. The van der Waals surface area contributed by atoms with E-state index in [1.807, 2.05) is 39.1 Å². The van der Waals surface area contributed by atoms with E-state index in [1.54, 1.807) is 4.68 Å². The molecule has 2 rings (SSSR count). The summed E-state index contributed by atoms with van der Waals surface area (Å²) in [4.78, 5) is 12.5. The van der Waals surface area contributed by atoms with Crippen molar-refractivity contribution in [2.45, 2.75) is 47.0 Å². The summed E-state index contributed by atoms with van der Waals surface area (Å²) in [5, 5.41) is 7.30. The van der Waals surface area contributed by atoms with Gasteiger partial charge in [-0.3, -0.25) is 9.48 Å². The quantitative estimate of drug-likeness (QED) is 0.740. The maximum atomic E-state index is 12.5. The van der Waals surface area contributed by atoms with Crippen molar-refractivity contribution in [1.82, 2.24) is 9.78 Å². The number of aromatic nitrogens is 2. The van der Waals surface area contributed by atoms with E-state index in [2.05, 4.69) is 24.3 Å². The van der Waals surface area contributed by atoms with E-state index >= 15 is 0 Å². The molecule has 0 atom stereocenters. The molecule has 6 heteroatoms. The van der Waals surface area contributed by atoms with Crippen molar-refractivity contribution in [2.24, 2.45) is 7.05 Å². The highest BCUT2D eigenvalue weighted by atomic mass is 16.5. The number of carbonyl (C=O) groups is 1. The summed E-state index contributed by atoms with van der Waals surface area (Å²) in [7, 11) is 1.89. The molecular formula is C20H29N3O3. The molecule has 0 spiro atoms. The number of aryl methyl sites for hydroxylation is 2. The Morgan fingerprint density at radius 1 is 1.12 bits per heavy atom. The molecule has 2 aromatic rings. The Hall–Kier alpha value is -2.50. The van der Waals surface area contributed by atoms with Crippen LogP contribution in [0.4, 0.5) is 5.69 Å². The Kier molecular flexibility index (Phi) is 7.06. The van der Waals surface area contributed by atoms with Crippen LogP contribution in [0, 0.1) is 13.8 Å². The number of carbonyl (C=O) groups excluding carboxylic acids is 1. The Morgan fingerprint density at radius 3 is 2.35 bits per heavy atom. The van der Waals surface area contributed by atoms with Crippen LogP contribution < -0.4 is 14.8 Å². The number of ether oxygens (including phenoxy) is 2. The zero-order chi connectivity index (χ0) is 19.1. The normalized spacial score (nSPS) is 10.7. The average molecular weight is 359 g/mol. The number of benzene rings is 1. The van der Waals surface area contributed by atoms with Gasteiger partial charge in [0.05, 0.1) is 25.3 Å². The molecule has 1 amide bonds. The largest absolute Gasteiger partial charge is 0.490 e. The fraction of sp³-hybridized carbons (Fsp3) is 0.500. The highest BCUT2D eigenvalue weighted by Gasteiger charge is 2.14. The summed E-state index contributed by atoms with van der Waals surface area (Å²) in [6, 6.07) is 5.50. The first-order valence-corrected chi connectivity index (χ1v) is 9.14. The molecule has 0 saturated heterocycles. The third-order valence-corrected chi connectivity index (χ3v) is 4.15. The van der Waals surface area contributed by atoms with E-state index in [9.17, 15) is 4.79 Å². The van der Waals surface area contributed by atoms with Gasteiger partial charge in [-0.15, -0.1) is 0 Å². The molecule has 1 aromatic heterocycles. The number of hydrogen-bond donors (Lipinski definition) is 1. The maximum absolute atomic E-state index is 12.5. The molecular weight excluding hydrogens is 330 g/mol. The highest BCUT2D eigenvalue weighted by Crippen LogP contribution is 2.31. The molecule has 142 valence electrons. The average Bonchev–Trinajstić information content (AvgIpc) is 2.85. The Morgan fingerprint density at radius 2 is 1.77 bits per heavy atom. The monoisotopic (exact) mass is 359 g/mol. The van der Waals surface area contributed by atoms with E-state index in [4.69, 9.17) is 9.47 Å². The first kappa shape index (κ1) is 19.8. The van der Waals surface area contributed by atoms with Crippen LogP contribution in [0.2, 0.25) is 0 Å². The van der Waals surface area contributed by atoms with Gasteiger partial charge in [-0.1, -0.05) is 13.8 Å². The summed E-state index contributed by atoms with van der Waals surface area (Å²) in [6.07, 6.45) is 2.13. The lowest BCUT2D eigenvalue weighted by Crippen LogP contribution is -2.15. The summed E-state index contributed by atoms with van der Waals surface area (Å²) in [5.41, 5.74) is 3.56. The number of anilines is 1. The molecule has 1 aromatic carbocycles. The fourth-order valence-corrected chi connectivity index (χ4v) is 2.68. The molecule has 0 aliphatic carbocycles. The van der Waals surface area contributed by atoms with Crippen molar-refractivity contribution in [3.8, 4) is 11.5 Å². The zero-order valence-corrected chi connectivity index (χ0v) is 16.4. The van der Waals surface area contributed by atoms with E-state index in [0.29, 0.717) is 36.8 Å². The van der Waals surface area contributed by atoms with Gasteiger partial charge >= 0.3 is 0 Å². The SMILES string of the molecule is CCCOc1ccc(NC(=O)Cc2c(C)nn(C)c2C)cc1OCCC. The van der Waals surface area contributed by atoms with Gasteiger partial charge in [0, 0.05) is 30.1 Å². The Bertz CT molecular complexity index is 753. The molecule has 0 aliphatic rings. The van der Waals surface area contributed by atoms with Crippen molar-refractivity contribution in [1.29, 1.82) is 0 Å². The first-order valence-electron chi connectivity index (χ1n) is 9.14. The molecule has 0 bridgehead atoms. The number of nitrogens with one attached hydrogen (secondary N) is 1. The van der Waals surface area contributed by atoms with Crippen molar-refractivity contribution >= 4 is 11.6 Å². The number of hydrogen-bond acceptors (Lipinski definition) is 4. The highest BCUT2D eigenvalue weighted by molar-refractivity contribution is 5.92. The predicted octanol–water partition coefficient (Wildman–Crippen LogP) is 3.80. The topological polar surface area (TPSA) is 65.4 Å². The van der Waals surface area contributed by atoms with E-state index in [-0.39, 0.29) is 5.91 Å². The second kappa shape index (κ2) is 9.27. The van der Waals surface area contributed by atoms with Gasteiger partial charge in [0.25, 0.3) is 0 Å². The van der Waals surface area contributed by atoms with Crippen molar-refractivity contribution in [3.63, 3.8) is 0 Å². The lowest BCUT2D eigenvalue weighted by molar-refractivity contribution is -0.115. The minimum atomic E-state index is -0.0760. The number of nitrogens with zero attached hydrogens (tertiary/aromatic N) is 2. The van der Waals surface area contributed by atoms with Gasteiger partial charge in [-0.05, 0) is 38.8 Å². The molecule has 0 fully saturated rings. The van der Waals surface area contributed by atoms with Gasteiger partial charge in [0.1, 0.15) is 0 Å². The third kappa shape index (κ3) is 5.00.